The van der Waals surface area contributed by atoms with Crippen molar-refractivity contribution in [2.75, 3.05) is 59.0 Å². The molecule has 0 heterocycles. The lowest BCUT2D eigenvalue weighted by Crippen LogP contribution is -2.20. The summed E-state index contributed by atoms with van der Waals surface area (Å²) in [5.74, 6) is 1.22. The van der Waals surface area contributed by atoms with Crippen molar-refractivity contribution >= 4 is 73.7 Å². The molecule has 79 heavy (non-hydrogen) atoms. The number of aromatic hydroxyl groups is 3. The van der Waals surface area contributed by atoms with E-state index in [-0.39, 0.29) is 50.0 Å². The number of anilines is 6. The van der Waals surface area contributed by atoms with E-state index in [4.69, 9.17) is 25.8 Å². The van der Waals surface area contributed by atoms with E-state index in [1.807, 2.05) is 60.7 Å². The Kier molecular flexibility index (Phi) is 20.0. The minimum atomic E-state index is -4.57. The van der Waals surface area contributed by atoms with Crippen LogP contribution in [0.1, 0.15) is 12.5 Å². The van der Waals surface area contributed by atoms with Gasteiger partial charge in [-0.15, -0.1) is 0 Å². The molecule has 17 nitrogen and oxygen atoms in total. The number of ether oxygens (including phenoxy) is 3. The zero-order valence-corrected chi connectivity index (χ0v) is 44.1. The lowest BCUT2D eigenvalue weighted by Gasteiger charge is -2.13. The van der Waals surface area contributed by atoms with Crippen LogP contribution < -0.4 is 46.1 Å². The monoisotopic (exact) mass is 1120 g/mol. The molecule has 8 aromatic carbocycles. The van der Waals surface area contributed by atoms with Crippen LogP contribution in [0, 0.1) is 0 Å². The number of sulfone groups is 1. The van der Waals surface area contributed by atoms with Crippen molar-refractivity contribution in [3.63, 3.8) is 0 Å². The Hall–Kier alpha value is -9.60. The fourth-order valence-electron chi connectivity index (χ4n) is 7.08. The number of carbonyl (C=O) groups excluding carboxylic acids is 3. The van der Waals surface area contributed by atoms with E-state index in [2.05, 4.69) is 31.9 Å². The van der Waals surface area contributed by atoms with E-state index in [1.165, 1.54) is 45.4 Å². The number of benzene rings is 8. The molecule has 8 rings (SSSR count). The van der Waals surface area contributed by atoms with Gasteiger partial charge in [-0.2, -0.15) is 13.2 Å². The molecule has 0 saturated heterocycles. The molecule has 0 aromatic heterocycles. The summed E-state index contributed by atoms with van der Waals surface area (Å²) in [6.45, 7) is 1.52. The molecule has 0 fully saturated rings. The van der Waals surface area contributed by atoms with E-state index in [0.717, 1.165) is 40.5 Å². The van der Waals surface area contributed by atoms with Crippen LogP contribution in [0.2, 0.25) is 5.02 Å². The first kappa shape index (κ1) is 58.7. The minimum Gasteiger partial charge on any atom is -0.506 e. The number of phenolic OH excluding ortho intramolecular Hbond substituents is 3. The number of phenols is 3. The highest BCUT2D eigenvalue weighted by Crippen LogP contribution is 2.36. The first-order chi connectivity index (χ1) is 37.7. The molecule has 0 aliphatic carbocycles. The van der Waals surface area contributed by atoms with Gasteiger partial charge in [-0.3, -0.25) is 0 Å². The second kappa shape index (κ2) is 26.9. The van der Waals surface area contributed by atoms with Gasteiger partial charge in [-0.1, -0.05) is 91.3 Å². The van der Waals surface area contributed by atoms with Crippen LogP contribution in [0.3, 0.4) is 0 Å². The predicted octanol–water partition coefficient (Wildman–Crippen LogP) is 13.9. The molecule has 0 saturated carbocycles. The smallest absolute Gasteiger partial charge is 0.416 e. The molecule has 6 amide bonds. The summed E-state index contributed by atoms with van der Waals surface area (Å²) in [7, 11) is 1.16. The van der Waals surface area contributed by atoms with Gasteiger partial charge in [-0.25, -0.2) is 22.8 Å². The first-order valence-corrected chi connectivity index (χ1v) is 25.5. The van der Waals surface area contributed by atoms with Gasteiger partial charge in [0.1, 0.15) is 34.5 Å². The molecule has 410 valence electrons. The molecular weight excluding hydrogens is 1070 g/mol. The number of methoxy groups -OCH3 is 3. The van der Waals surface area contributed by atoms with E-state index in [1.54, 1.807) is 79.9 Å². The zero-order valence-electron chi connectivity index (χ0n) is 42.5. The van der Waals surface area contributed by atoms with Crippen molar-refractivity contribution in [1.29, 1.82) is 0 Å². The zero-order chi connectivity index (χ0) is 57.3. The highest BCUT2D eigenvalue weighted by Gasteiger charge is 2.31. The number of alkyl halides is 3. The van der Waals surface area contributed by atoms with Crippen LogP contribution in [0.15, 0.2) is 181 Å². The van der Waals surface area contributed by atoms with Gasteiger partial charge >= 0.3 is 24.3 Å². The highest BCUT2D eigenvalue weighted by atomic mass is 35.5. The Balaban J connectivity index is 0.000000192. The summed E-state index contributed by atoms with van der Waals surface area (Å²) in [6.07, 6.45) is -4.57. The number of hydrogen-bond donors (Lipinski definition) is 9. The summed E-state index contributed by atoms with van der Waals surface area (Å²) < 4.78 is 77.7. The normalized spacial score (nSPS) is 10.7. The first-order valence-electron chi connectivity index (χ1n) is 23.5. The van der Waals surface area contributed by atoms with Crippen LogP contribution in [0.25, 0.3) is 22.3 Å². The fraction of sp³-hybridized carbons (Fsp3) is 0.105. The maximum absolute atomic E-state index is 12.8. The molecule has 0 radical (unpaired) electrons. The molecule has 0 aliphatic heterocycles. The van der Waals surface area contributed by atoms with Gasteiger partial charge in [0.15, 0.2) is 9.84 Å². The molecule has 9 N–H and O–H groups in total. The average Bonchev–Trinajstić information content (AvgIpc) is 3.45. The number of carbonyl (C=O) groups is 3. The third-order valence-corrected chi connectivity index (χ3v) is 13.3. The van der Waals surface area contributed by atoms with Gasteiger partial charge in [0.25, 0.3) is 0 Å². The second-order valence-electron chi connectivity index (χ2n) is 16.5. The maximum Gasteiger partial charge on any atom is 0.416 e. The van der Waals surface area contributed by atoms with E-state index in [9.17, 15) is 51.3 Å². The summed E-state index contributed by atoms with van der Waals surface area (Å²) >= 11 is 5.87. The molecule has 0 aliphatic rings. The predicted molar refractivity (Wildman–Crippen MR) is 300 cm³/mol. The molecule has 0 bridgehead atoms. The van der Waals surface area contributed by atoms with E-state index in [0.29, 0.717) is 34.3 Å². The number of halogens is 4. The molecular formula is C57H52ClF3N6O11S. The van der Waals surface area contributed by atoms with Crippen LogP contribution >= 0.6 is 11.6 Å². The molecule has 0 atom stereocenters. The summed E-state index contributed by atoms with van der Waals surface area (Å²) in [4.78, 5) is 36.6. The number of amides is 6. The van der Waals surface area contributed by atoms with Gasteiger partial charge < -0.3 is 61.4 Å². The number of rotatable bonds is 13. The maximum atomic E-state index is 12.8. The van der Waals surface area contributed by atoms with E-state index >= 15 is 0 Å². The molecule has 22 heteroatoms. The topological polar surface area (TPSA) is 246 Å². The van der Waals surface area contributed by atoms with Crippen LogP contribution in [0.4, 0.5) is 61.7 Å². The number of nitrogens with one attached hydrogen (secondary N) is 6. The van der Waals surface area contributed by atoms with Crippen molar-refractivity contribution in [3.05, 3.63) is 187 Å². The summed E-state index contributed by atoms with van der Waals surface area (Å²) in [6, 6.07) is 44.8. The molecule has 0 spiro atoms. The van der Waals surface area contributed by atoms with Gasteiger partial charge in [0.2, 0.25) is 0 Å². The molecule has 8 aromatic rings. The van der Waals surface area contributed by atoms with Crippen LogP contribution in [-0.2, 0) is 16.0 Å². The number of hydrogen-bond acceptors (Lipinski definition) is 11. The van der Waals surface area contributed by atoms with E-state index < -0.39 is 39.7 Å². The third kappa shape index (κ3) is 16.7. The summed E-state index contributed by atoms with van der Waals surface area (Å²) in [5.41, 5.74) is 3.74. The van der Waals surface area contributed by atoms with Gasteiger partial charge in [0.05, 0.1) is 71.0 Å². The Morgan fingerprint density at radius 2 is 0.937 bits per heavy atom. The standard InChI is InChI=1S/C21H20N2O4.C20H14ClF3N2O2.C16H18N2O5S/c1-26-16-9-10-17(20(13-16)27-2)22-21(25)23-18-12-15(8-11-19(18)24)14-6-4-3-5-7-14;21-15-8-7-14(20(22,23)24)11-16(15)25-19(28)26-17-10-13(6-9-18(17)27)12-4-2-1-3-5-12;1-3-24(21,22)13-8-9-15(19)14(10-13)18-16(20)17-11-4-6-12(23-2)7-5-11/h3-13,24H,1-2H3,(H2,22,23,25);1-11,27H,(H2,25,26,28);4-10,19H,3H2,1-2H3,(H2,17,18,20). The Bertz CT molecular complexity index is 3530. The van der Waals surface area contributed by atoms with Gasteiger partial charge in [-0.05, 0) is 119 Å². The largest absolute Gasteiger partial charge is 0.506 e. The fourth-order valence-corrected chi connectivity index (χ4v) is 8.15. The van der Waals surface area contributed by atoms with Gasteiger partial charge in [0, 0.05) is 11.8 Å². The van der Waals surface area contributed by atoms with Crippen molar-refractivity contribution in [2.45, 2.75) is 18.0 Å². The molecule has 0 unspecified atom stereocenters. The lowest BCUT2D eigenvalue weighted by atomic mass is 10.0. The van der Waals surface area contributed by atoms with Crippen molar-refractivity contribution in [2.24, 2.45) is 0 Å². The quantitative estimate of drug-likeness (QED) is 0.0491. The van der Waals surface area contributed by atoms with Crippen molar-refractivity contribution < 1.29 is 65.5 Å². The minimum absolute atomic E-state index is 0.00976. The van der Waals surface area contributed by atoms with Crippen molar-refractivity contribution in [3.8, 4) is 56.8 Å². The average molecular weight is 1120 g/mol. The summed E-state index contributed by atoms with van der Waals surface area (Å²) in [5, 5.41) is 44.9. The lowest BCUT2D eigenvalue weighted by molar-refractivity contribution is -0.137. The SMILES string of the molecule is CCS(=O)(=O)c1ccc(O)c(NC(=O)Nc2ccc(OC)cc2)c1.COc1ccc(NC(=O)Nc2cc(-c3ccccc3)ccc2O)c(OC)c1.O=C(Nc1cc(-c2ccccc2)ccc1O)Nc1cc(C(F)(F)F)ccc1Cl. The Morgan fingerprint density at radius 1 is 0.481 bits per heavy atom. The second-order valence-corrected chi connectivity index (χ2v) is 19.2. The highest BCUT2D eigenvalue weighted by molar-refractivity contribution is 7.91. The third-order valence-electron chi connectivity index (χ3n) is 11.2. The number of urea groups is 3. The Labute approximate surface area is 457 Å². The van der Waals surface area contributed by atoms with Crippen LogP contribution in [0.5, 0.6) is 34.5 Å². The van der Waals surface area contributed by atoms with Crippen LogP contribution in [-0.4, -0.2) is 68.9 Å². The van der Waals surface area contributed by atoms with Crippen molar-refractivity contribution in [1.82, 2.24) is 0 Å². The Morgan fingerprint density at radius 3 is 1.42 bits per heavy atom.